The van der Waals surface area contributed by atoms with Gasteiger partial charge < -0.3 is 15.4 Å². The van der Waals surface area contributed by atoms with Crippen LogP contribution < -0.4 is 5.73 Å². The Kier molecular flexibility index (Phi) is 3.47. The second-order valence-electron chi connectivity index (χ2n) is 4.29. The van der Waals surface area contributed by atoms with E-state index in [2.05, 4.69) is 0 Å². The van der Waals surface area contributed by atoms with Crippen LogP contribution in [0.2, 0.25) is 0 Å². The first kappa shape index (κ1) is 12.8. The Morgan fingerprint density at radius 2 is 2.06 bits per heavy atom. The average molecular weight is 256 g/mol. The van der Waals surface area contributed by atoms with E-state index in [1.165, 1.54) is 4.90 Å². The van der Waals surface area contributed by atoms with Gasteiger partial charge in [0.25, 0.3) is 5.91 Å². The largest absolute Gasteiger partial charge is 0.394 e. The van der Waals surface area contributed by atoms with E-state index >= 15 is 0 Å². The molecule has 2 rings (SSSR count). The molecule has 98 valence electrons. The lowest BCUT2D eigenvalue weighted by Crippen LogP contribution is -2.44. The molecular weight excluding hydrogens is 242 g/mol. The Balaban J connectivity index is 2.23. The zero-order chi connectivity index (χ0) is 13.3. The monoisotopic (exact) mass is 256 g/mol. The SMILES string of the molecule is CC1CN(C(=O)c2cc(F)c(N)c(F)c2)CCO1. The number of halogens is 2. The summed E-state index contributed by atoms with van der Waals surface area (Å²) in [6, 6.07) is 1.92. The van der Waals surface area contributed by atoms with Crippen LogP contribution in [0, 0.1) is 11.6 Å². The highest BCUT2D eigenvalue weighted by molar-refractivity contribution is 5.94. The summed E-state index contributed by atoms with van der Waals surface area (Å²) in [4.78, 5) is 13.6. The predicted molar refractivity (Wildman–Crippen MR) is 62.1 cm³/mol. The molecule has 0 aromatic heterocycles. The summed E-state index contributed by atoms with van der Waals surface area (Å²) in [5, 5.41) is 0. The summed E-state index contributed by atoms with van der Waals surface area (Å²) in [5.41, 5.74) is 4.55. The molecule has 1 heterocycles. The molecule has 1 aliphatic rings. The van der Waals surface area contributed by atoms with Crippen molar-refractivity contribution in [3.8, 4) is 0 Å². The number of hydrogen-bond acceptors (Lipinski definition) is 3. The van der Waals surface area contributed by atoms with Gasteiger partial charge in [0.15, 0.2) is 0 Å². The normalized spacial score (nSPS) is 19.9. The van der Waals surface area contributed by atoms with Gasteiger partial charge in [-0.05, 0) is 19.1 Å². The van der Waals surface area contributed by atoms with Gasteiger partial charge in [-0.25, -0.2) is 8.78 Å². The first-order valence-electron chi connectivity index (χ1n) is 5.64. The lowest BCUT2D eigenvalue weighted by Gasteiger charge is -2.31. The number of nitrogen functional groups attached to an aromatic ring is 1. The second-order valence-corrected chi connectivity index (χ2v) is 4.29. The van der Waals surface area contributed by atoms with Crippen molar-refractivity contribution in [3.05, 3.63) is 29.3 Å². The molecular formula is C12H14F2N2O2. The molecule has 1 aromatic carbocycles. The Morgan fingerprint density at radius 1 is 1.44 bits per heavy atom. The zero-order valence-electron chi connectivity index (χ0n) is 9.95. The van der Waals surface area contributed by atoms with Gasteiger partial charge >= 0.3 is 0 Å². The minimum Gasteiger partial charge on any atom is -0.394 e. The molecule has 0 spiro atoms. The van der Waals surface area contributed by atoms with Crippen LogP contribution in [-0.4, -0.2) is 36.6 Å². The maximum absolute atomic E-state index is 13.3. The molecule has 4 nitrogen and oxygen atoms in total. The molecule has 1 unspecified atom stereocenters. The lowest BCUT2D eigenvalue weighted by atomic mass is 10.1. The van der Waals surface area contributed by atoms with Crippen LogP contribution in [0.4, 0.5) is 14.5 Å². The van der Waals surface area contributed by atoms with Crippen molar-refractivity contribution < 1.29 is 18.3 Å². The Morgan fingerprint density at radius 3 is 2.61 bits per heavy atom. The highest BCUT2D eigenvalue weighted by Crippen LogP contribution is 2.19. The Bertz CT molecular complexity index is 456. The van der Waals surface area contributed by atoms with E-state index in [0.29, 0.717) is 19.7 Å². The molecule has 6 heteroatoms. The number of hydrogen-bond donors (Lipinski definition) is 1. The Labute approximate surface area is 103 Å². The fourth-order valence-corrected chi connectivity index (χ4v) is 1.89. The number of anilines is 1. The van der Waals surface area contributed by atoms with Crippen molar-refractivity contribution in [2.45, 2.75) is 13.0 Å². The van der Waals surface area contributed by atoms with Gasteiger partial charge in [-0.1, -0.05) is 0 Å². The van der Waals surface area contributed by atoms with E-state index in [0.717, 1.165) is 12.1 Å². The fraction of sp³-hybridized carbons (Fsp3) is 0.417. The number of carbonyl (C=O) groups is 1. The highest BCUT2D eigenvalue weighted by atomic mass is 19.1. The first-order chi connectivity index (χ1) is 8.49. The third kappa shape index (κ3) is 2.43. The van der Waals surface area contributed by atoms with E-state index in [-0.39, 0.29) is 11.7 Å². The van der Waals surface area contributed by atoms with Crippen molar-refractivity contribution in [1.29, 1.82) is 0 Å². The van der Waals surface area contributed by atoms with Gasteiger partial charge in [0.1, 0.15) is 17.3 Å². The van der Waals surface area contributed by atoms with E-state index in [1.54, 1.807) is 0 Å². The third-order valence-electron chi connectivity index (χ3n) is 2.85. The van der Waals surface area contributed by atoms with Crippen LogP contribution in [0.5, 0.6) is 0 Å². The molecule has 0 radical (unpaired) electrons. The summed E-state index contributed by atoms with van der Waals surface area (Å²) >= 11 is 0. The van der Waals surface area contributed by atoms with E-state index in [4.69, 9.17) is 10.5 Å². The number of nitrogens with two attached hydrogens (primary N) is 1. The first-order valence-corrected chi connectivity index (χ1v) is 5.64. The number of ether oxygens (including phenoxy) is 1. The molecule has 0 bridgehead atoms. The number of carbonyl (C=O) groups excluding carboxylic acids is 1. The number of morpholine rings is 1. The molecule has 0 aliphatic carbocycles. The summed E-state index contributed by atoms with van der Waals surface area (Å²) in [6.07, 6.45) is -0.0776. The molecule has 1 amide bonds. The van der Waals surface area contributed by atoms with Crippen molar-refractivity contribution in [1.82, 2.24) is 4.90 Å². The lowest BCUT2D eigenvalue weighted by molar-refractivity contribution is -0.0124. The zero-order valence-corrected chi connectivity index (χ0v) is 9.95. The van der Waals surface area contributed by atoms with E-state index < -0.39 is 23.2 Å². The smallest absolute Gasteiger partial charge is 0.254 e. The standard InChI is InChI=1S/C12H14F2N2O2/c1-7-6-16(2-3-18-7)12(17)8-4-9(13)11(15)10(14)5-8/h4-5,7H,2-3,6,15H2,1H3. The number of rotatable bonds is 1. The molecule has 1 saturated heterocycles. The maximum atomic E-state index is 13.3. The highest BCUT2D eigenvalue weighted by Gasteiger charge is 2.23. The summed E-state index contributed by atoms with van der Waals surface area (Å²) in [6.45, 7) is 3.08. The van der Waals surface area contributed by atoms with Crippen LogP contribution in [0.25, 0.3) is 0 Å². The van der Waals surface area contributed by atoms with E-state index in [9.17, 15) is 13.6 Å². The minimum atomic E-state index is -0.917. The molecule has 1 aliphatic heterocycles. The molecule has 0 saturated carbocycles. The predicted octanol–water partition coefficient (Wildman–Crippen LogP) is 1.41. The van der Waals surface area contributed by atoms with Crippen molar-refractivity contribution >= 4 is 11.6 Å². The second kappa shape index (κ2) is 4.89. The van der Waals surface area contributed by atoms with Gasteiger partial charge in [0.05, 0.1) is 12.7 Å². The van der Waals surface area contributed by atoms with Gasteiger partial charge in [0, 0.05) is 18.7 Å². The molecule has 1 aromatic rings. The van der Waals surface area contributed by atoms with Gasteiger partial charge in [-0.2, -0.15) is 0 Å². The minimum absolute atomic E-state index is 0.0340. The average Bonchev–Trinajstić information content (AvgIpc) is 2.34. The van der Waals surface area contributed by atoms with Crippen molar-refractivity contribution in [2.24, 2.45) is 0 Å². The molecule has 18 heavy (non-hydrogen) atoms. The molecule has 1 fully saturated rings. The summed E-state index contributed by atoms with van der Waals surface area (Å²) in [5.74, 6) is -2.25. The maximum Gasteiger partial charge on any atom is 0.254 e. The van der Waals surface area contributed by atoms with Crippen LogP contribution in [-0.2, 0) is 4.74 Å². The molecule has 2 N–H and O–H groups in total. The summed E-state index contributed by atoms with van der Waals surface area (Å²) in [7, 11) is 0. The van der Waals surface area contributed by atoms with Gasteiger partial charge in [-0.3, -0.25) is 4.79 Å². The number of benzene rings is 1. The quantitative estimate of drug-likeness (QED) is 0.773. The van der Waals surface area contributed by atoms with Crippen molar-refractivity contribution in [2.75, 3.05) is 25.4 Å². The van der Waals surface area contributed by atoms with Crippen LogP contribution >= 0.6 is 0 Å². The summed E-state index contributed by atoms with van der Waals surface area (Å²) < 4.78 is 31.9. The van der Waals surface area contributed by atoms with Gasteiger partial charge in [-0.15, -0.1) is 0 Å². The van der Waals surface area contributed by atoms with E-state index in [1.807, 2.05) is 6.92 Å². The third-order valence-corrected chi connectivity index (χ3v) is 2.85. The topological polar surface area (TPSA) is 55.6 Å². The Hall–Kier alpha value is -1.69. The molecule has 1 atom stereocenters. The van der Waals surface area contributed by atoms with Crippen LogP contribution in [0.3, 0.4) is 0 Å². The number of nitrogens with zero attached hydrogens (tertiary/aromatic N) is 1. The van der Waals surface area contributed by atoms with Gasteiger partial charge in [0.2, 0.25) is 0 Å². The van der Waals surface area contributed by atoms with Crippen LogP contribution in [0.15, 0.2) is 12.1 Å². The number of amides is 1. The van der Waals surface area contributed by atoms with Crippen molar-refractivity contribution in [3.63, 3.8) is 0 Å². The fourth-order valence-electron chi connectivity index (χ4n) is 1.89. The van der Waals surface area contributed by atoms with Crippen LogP contribution in [0.1, 0.15) is 17.3 Å².